The van der Waals surface area contributed by atoms with Crippen molar-refractivity contribution in [3.63, 3.8) is 0 Å². The number of hydrogen-bond acceptors (Lipinski definition) is 3. The molecule has 0 unspecified atom stereocenters. The SMILES string of the molecule is Cc1ncc(CC2(CNC(C)(C)C)CCCC2)s1. The van der Waals surface area contributed by atoms with Crippen LogP contribution in [0, 0.1) is 12.3 Å². The van der Waals surface area contributed by atoms with Crippen LogP contribution in [0.2, 0.25) is 0 Å². The zero-order valence-corrected chi connectivity index (χ0v) is 13.0. The normalized spacial score (nSPS) is 19.3. The summed E-state index contributed by atoms with van der Waals surface area (Å²) in [7, 11) is 0. The van der Waals surface area contributed by atoms with Crippen LogP contribution in [-0.2, 0) is 6.42 Å². The molecule has 102 valence electrons. The maximum absolute atomic E-state index is 4.40. The van der Waals surface area contributed by atoms with Crippen LogP contribution in [0.1, 0.15) is 56.3 Å². The number of hydrogen-bond donors (Lipinski definition) is 1. The Bertz CT molecular complexity index is 383. The molecule has 0 amide bonds. The number of nitrogens with one attached hydrogen (secondary N) is 1. The van der Waals surface area contributed by atoms with Gasteiger partial charge in [0.2, 0.25) is 0 Å². The average Bonchev–Trinajstić information content (AvgIpc) is 2.86. The number of nitrogens with zero attached hydrogens (tertiary/aromatic N) is 1. The van der Waals surface area contributed by atoms with Gasteiger partial charge in [0.1, 0.15) is 0 Å². The molecule has 0 atom stereocenters. The van der Waals surface area contributed by atoms with Crippen molar-refractivity contribution in [2.45, 2.75) is 65.3 Å². The lowest BCUT2D eigenvalue weighted by molar-refractivity contribution is 0.246. The molecule has 0 aromatic carbocycles. The highest BCUT2D eigenvalue weighted by molar-refractivity contribution is 7.11. The van der Waals surface area contributed by atoms with Crippen LogP contribution in [0.3, 0.4) is 0 Å². The van der Waals surface area contributed by atoms with Crippen LogP contribution in [0.5, 0.6) is 0 Å². The summed E-state index contributed by atoms with van der Waals surface area (Å²) in [5, 5.41) is 4.91. The molecule has 0 aliphatic heterocycles. The lowest BCUT2D eigenvalue weighted by Crippen LogP contribution is -2.43. The van der Waals surface area contributed by atoms with Crippen LogP contribution < -0.4 is 5.32 Å². The van der Waals surface area contributed by atoms with Crippen LogP contribution in [0.4, 0.5) is 0 Å². The van der Waals surface area contributed by atoms with Gasteiger partial charge in [-0.2, -0.15) is 0 Å². The first-order chi connectivity index (χ1) is 8.39. The van der Waals surface area contributed by atoms with E-state index in [0.29, 0.717) is 5.41 Å². The number of aromatic nitrogens is 1. The van der Waals surface area contributed by atoms with Gasteiger partial charge in [0.15, 0.2) is 0 Å². The van der Waals surface area contributed by atoms with Gasteiger partial charge in [0.25, 0.3) is 0 Å². The minimum Gasteiger partial charge on any atom is -0.312 e. The zero-order chi connectivity index (χ0) is 13.2. The van der Waals surface area contributed by atoms with E-state index in [1.807, 2.05) is 11.3 Å². The van der Waals surface area contributed by atoms with Crippen LogP contribution >= 0.6 is 11.3 Å². The summed E-state index contributed by atoms with van der Waals surface area (Å²) in [5.41, 5.74) is 0.700. The fraction of sp³-hybridized carbons (Fsp3) is 0.800. The first-order valence-electron chi connectivity index (χ1n) is 7.05. The van der Waals surface area contributed by atoms with Gasteiger partial charge in [-0.05, 0) is 52.4 Å². The van der Waals surface area contributed by atoms with Gasteiger partial charge in [-0.3, -0.25) is 0 Å². The van der Waals surface area contributed by atoms with Crippen molar-refractivity contribution in [2.75, 3.05) is 6.54 Å². The molecule has 1 heterocycles. The Labute approximate surface area is 115 Å². The Kier molecular flexibility index (Phi) is 4.12. The van der Waals surface area contributed by atoms with Gasteiger partial charge in [-0.1, -0.05) is 12.8 Å². The van der Waals surface area contributed by atoms with Gasteiger partial charge >= 0.3 is 0 Å². The molecule has 3 heteroatoms. The predicted molar refractivity (Wildman–Crippen MR) is 79.2 cm³/mol. The summed E-state index contributed by atoms with van der Waals surface area (Å²) < 4.78 is 0. The van der Waals surface area contributed by atoms with Crippen molar-refractivity contribution in [1.82, 2.24) is 10.3 Å². The highest BCUT2D eigenvalue weighted by Crippen LogP contribution is 2.41. The number of aryl methyl sites for hydroxylation is 1. The molecule has 0 saturated heterocycles. The highest BCUT2D eigenvalue weighted by atomic mass is 32.1. The van der Waals surface area contributed by atoms with E-state index in [4.69, 9.17) is 0 Å². The molecule has 0 spiro atoms. The molecule has 1 aromatic rings. The number of rotatable bonds is 4. The molecule has 2 rings (SSSR count). The lowest BCUT2D eigenvalue weighted by atomic mass is 9.81. The topological polar surface area (TPSA) is 24.9 Å². The van der Waals surface area contributed by atoms with Crippen LogP contribution in [0.15, 0.2) is 6.20 Å². The van der Waals surface area contributed by atoms with E-state index in [9.17, 15) is 0 Å². The minimum absolute atomic E-state index is 0.221. The second-order valence-corrected chi connectivity index (χ2v) is 8.15. The van der Waals surface area contributed by atoms with Crippen molar-refractivity contribution < 1.29 is 0 Å². The van der Waals surface area contributed by atoms with Crippen molar-refractivity contribution in [3.8, 4) is 0 Å². The van der Waals surface area contributed by atoms with Gasteiger partial charge in [0, 0.05) is 23.2 Å². The Hall–Kier alpha value is -0.410. The van der Waals surface area contributed by atoms with Crippen molar-refractivity contribution in [3.05, 3.63) is 16.1 Å². The Morgan fingerprint density at radius 1 is 1.33 bits per heavy atom. The first-order valence-corrected chi connectivity index (χ1v) is 7.87. The highest BCUT2D eigenvalue weighted by Gasteiger charge is 2.35. The smallest absolute Gasteiger partial charge is 0.0896 e. The molecule has 1 fully saturated rings. The fourth-order valence-electron chi connectivity index (χ4n) is 2.85. The van der Waals surface area contributed by atoms with Crippen LogP contribution in [-0.4, -0.2) is 17.1 Å². The Balaban J connectivity index is 2.02. The quantitative estimate of drug-likeness (QED) is 0.893. The van der Waals surface area contributed by atoms with E-state index < -0.39 is 0 Å². The van der Waals surface area contributed by atoms with E-state index in [0.717, 1.165) is 6.54 Å². The molecular weight excluding hydrogens is 240 g/mol. The molecule has 18 heavy (non-hydrogen) atoms. The second kappa shape index (κ2) is 5.30. The fourth-order valence-corrected chi connectivity index (χ4v) is 3.82. The summed E-state index contributed by atoms with van der Waals surface area (Å²) in [5.74, 6) is 0. The largest absolute Gasteiger partial charge is 0.312 e. The van der Waals surface area contributed by atoms with E-state index in [-0.39, 0.29) is 5.54 Å². The number of thiazole rings is 1. The Morgan fingerprint density at radius 2 is 2.00 bits per heavy atom. The second-order valence-electron chi connectivity index (χ2n) is 6.83. The van der Waals surface area contributed by atoms with Crippen molar-refractivity contribution >= 4 is 11.3 Å². The van der Waals surface area contributed by atoms with E-state index in [1.54, 1.807) is 0 Å². The summed E-state index contributed by atoms with van der Waals surface area (Å²) in [4.78, 5) is 5.86. The molecule has 1 N–H and O–H groups in total. The van der Waals surface area contributed by atoms with Gasteiger partial charge in [-0.25, -0.2) is 4.98 Å². The van der Waals surface area contributed by atoms with Gasteiger partial charge < -0.3 is 5.32 Å². The molecule has 1 saturated carbocycles. The summed E-state index contributed by atoms with van der Waals surface area (Å²) in [6.07, 6.45) is 8.81. The first kappa shape index (κ1) is 14.0. The third kappa shape index (κ3) is 3.79. The van der Waals surface area contributed by atoms with Crippen molar-refractivity contribution in [2.24, 2.45) is 5.41 Å². The van der Waals surface area contributed by atoms with Crippen molar-refractivity contribution in [1.29, 1.82) is 0 Å². The zero-order valence-electron chi connectivity index (χ0n) is 12.2. The maximum atomic E-state index is 4.40. The summed E-state index contributed by atoms with van der Waals surface area (Å²) >= 11 is 1.87. The molecule has 1 aromatic heterocycles. The molecular formula is C15H26N2S. The third-order valence-corrected chi connectivity index (χ3v) is 4.79. The van der Waals surface area contributed by atoms with E-state index >= 15 is 0 Å². The third-order valence-electron chi connectivity index (χ3n) is 3.88. The van der Waals surface area contributed by atoms with Gasteiger partial charge in [-0.15, -0.1) is 11.3 Å². The average molecular weight is 266 g/mol. The molecule has 0 bridgehead atoms. The summed E-state index contributed by atoms with van der Waals surface area (Å²) in [6.45, 7) is 10.0. The molecule has 1 aliphatic carbocycles. The monoisotopic (exact) mass is 266 g/mol. The molecule has 0 radical (unpaired) electrons. The summed E-state index contributed by atoms with van der Waals surface area (Å²) in [6, 6.07) is 0. The minimum atomic E-state index is 0.221. The standard InChI is InChI=1S/C15H26N2S/c1-12-16-10-13(18-12)9-15(7-5-6-8-15)11-17-14(2,3)4/h10,17H,5-9,11H2,1-4H3. The lowest BCUT2D eigenvalue weighted by Gasteiger charge is -2.33. The predicted octanol–water partition coefficient (Wildman–Crippen LogP) is 3.94. The van der Waals surface area contributed by atoms with Crippen LogP contribution in [0.25, 0.3) is 0 Å². The van der Waals surface area contributed by atoms with Gasteiger partial charge in [0.05, 0.1) is 5.01 Å². The Morgan fingerprint density at radius 3 is 2.50 bits per heavy atom. The van der Waals surface area contributed by atoms with E-state index in [1.165, 1.54) is 42.0 Å². The molecule has 2 nitrogen and oxygen atoms in total. The molecule has 1 aliphatic rings. The maximum Gasteiger partial charge on any atom is 0.0896 e. The van der Waals surface area contributed by atoms with E-state index in [2.05, 4.69) is 44.2 Å².